The highest BCUT2D eigenvalue weighted by atomic mass is 79.9. The maximum absolute atomic E-state index is 5.97. The fourth-order valence-corrected chi connectivity index (χ4v) is 3.23. The molecule has 1 unspecified atom stereocenters. The first kappa shape index (κ1) is 14.8. The van der Waals surface area contributed by atoms with Gasteiger partial charge in [0, 0.05) is 19.1 Å². The van der Waals surface area contributed by atoms with Crippen LogP contribution in [0, 0.1) is 5.92 Å². The summed E-state index contributed by atoms with van der Waals surface area (Å²) in [6.45, 7) is 1.79. The molecule has 0 bridgehead atoms. The zero-order chi connectivity index (χ0) is 13.8. The number of ether oxygens (including phenoxy) is 1. The van der Waals surface area contributed by atoms with Crippen molar-refractivity contribution in [2.24, 2.45) is 11.7 Å². The average Bonchev–Trinajstić information content (AvgIpc) is 2.35. The highest BCUT2D eigenvalue weighted by Crippen LogP contribution is 2.32. The Kier molecular flexibility index (Phi) is 5.25. The van der Waals surface area contributed by atoms with Crippen molar-refractivity contribution in [3.05, 3.63) is 28.2 Å². The molecule has 0 spiro atoms. The lowest BCUT2D eigenvalue weighted by atomic mass is 9.85. The van der Waals surface area contributed by atoms with Gasteiger partial charge in [0.25, 0.3) is 0 Å². The molecule has 0 saturated heterocycles. The number of benzene rings is 1. The van der Waals surface area contributed by atoms with E-state index in [-0.39, 0.29) is 6.04 Å². The lowest BCUT2D eigenvalue weighted by Gasteiger charge is -2.34. The Bertz CT molecular complexity index is 421. The Balaban J connectivity index is 2.09. The second-order valence-electron chi connectivity index (χ2n) is 5.38. The summed E-state index contributed by atoms with van der Waals surface area (Å²) in [7, 11) is 3.86. The molecule has 3 nitrogen and oxygen atoms in total. The Labute approximate surface area is 124 Å². The molecule has 0 aliphatic heterocycles. The summed E-state index contributed by atoms with van der Waals surface area (Å²) < 4.78 is 6.26. The van der Waals surface area contributed by atoms with Gasteiger partial charge in [-0.25, -0.2) is 0 Å². The lowest BCUT2D eigenvalue weighted by molar-refractivity contribution is 0.165. The van der Waals surface area contributed by atoms with Crippen molar-refractivity contribution in [3.8, 4) is 5.75 Å². The molecule has 4 heteroatoms. The molecular formula is C15H23BrN2O. The Hall–Kier alpha value is -0.580. The fraction of sp³-hybridized carbons (Fsp3) is 0.600. The van der Waals surface area contributed by atoms with Gasteiger partial charge in [-0.1, -0.05) is 12.5 Å². The van der Waals surface area contributed by atoms with Crippen LogP contribution in [0.4, 0.5) is 0 Å². The van der Waals surface area contributed by atoms with Crippen LogP contribution < -0.4 is 10.5 Å². The minimum atomic E-state index is 0.280. The van der Waals surface area contributed by atoms with Gasteiger partial charge >= 0.3 is 0 Å². The zero-order valence-corrected chi connectivity index (χ0v) is 13.3. The van der Waals surface area contributed by atoms with Crippen LogP contribution in [0.2, 0.25) is 0 Å². The Morgan fingerprint density at radius 2 is 2.21 bits per heavy atom. The summed E-state index contributed by atoms with van der Waals surface area (Å²) in [6.07, 6.45) is 4.13. The summed E-state index contributed by atoms with van der Waals surface area (Å²) in [5.41, 5.74) is 7.22. The third-order valence-electron chi connectivity index (χ3n) is 4.09. The number of nitrogens with zero attached hydrogens (tertiary/aromatic N) is 1. The van der Waals surface area contributed by atoms with Gasteiger partial charge in [-0.2, -0.15) is 0 Å². The molecule has 2 N–H and O–H groups in total. The van der Waals surface area contributed by atoms with Crippen molar-refractivity contribution in [1.82, 2.24) is 4.90 Å². The highest BCUT2D eigenvalue weighted by Gasteiger charge is 2.23. The molecule has 2 rings (SSSR count). The maximum atomic E-state index is 5.97. The van der Waals surface area contributed by atoms with E-state index in [0.29, 0.717) is 6.54 Å². The van der Waals surface area contributed by atoms with E-state index in [4.69, 9.17) is 10.5 Å². The van der Waals surface area contributed by atoms with Crippen LogP contribution in [0.5, 0.6) is 5.75 Å². The molecule has 0 heterocycles. The van der Waals surface area contributed by atoms with Crippen molar-refractivity contribution in [2.45, 2.75) is 25.3 Å². The normalized spacial score (nSPS) is 17.3. The lowest BCUT2D eigenvalue weighted by Crippen LogP contribution is -2.36. The molecule has 1 saturated carbocycles. The number of nitrogens with two attached hydrogens (primary N) is 1. The molecule has 106 valence electrons. The number of hydrogen-bond donors (Lipinski definition) is 1. The molecule has 1 fully saturated rings. The van der Waals surface area contributed by atoms with Crippen LogP contribution in [0.15, 0.2) is 22.7 Å². The van der Waals surface area contributed by atoms with E-state index < -0.39 is 0 Å². The van der Waals surface area contributed by atoms with E-state index in [1.165, 1.54) is 24.8 Å². The van der Waals surface area contributed by atoms with Gasteiger partial charge in [0.05, 0.1) is 11.6 Å². The third-order valence-corrected chi connectivity index (χ3v) is 4.71. The highest BCUT2D eigenvalue weighted by molar-refractivity contribution is 9.10. The molecule has 1 aromatic carbocycles. The first-order valence-electron chi connectivity index (χ1n) is 6.89. The summed E-state index contributed by atoms with van der Waals surface area (Å²) in [5, 5.41) is 0. The molecule has 1 atom stereocenters. The van der Waals surface area contributed by atoms with E-state index >= 15 is 0 Å². The maximum Gasteiger partial charge on any atom is 0.133 e. The van der Waals surface area contributed by atoms with E-state index in [1.54, 1.807) is 7.11 Å². The largest absolute Gasteiger partial charge is 0.496 e. The molecule has 19 heavy (non-hydrogen) atoms. The number of hydrogen-bond acceptors (Lipinski definition) is 3. The van der Waals surface area contributed by atoms with E-state index in [9.17, 15) is 0 Å². The zero-order valence-electron chi connectivity index (χ0n) is 11.7. The minimum absolute atomic E-state index is 0.280. The van der Waals surface area contributed by atoms with Crippen LogP contribution >= 0.6 is 15.9 Å². The Morgan fingerprint density at radius 3 is 2.68 bits per heavy atom. The van der Waals surface area contributed by atoms with Crippen molar-refractivity contribution in [3.63, 3.8) is 0 Å². The van der Waals surface area contributed by atoms with Gasteiger partial charge < -0.3 is 10.5 Å². The van der Waals surface area contributed by atoms with Gasteiger partial charge in [-0.05, 0) is 59.4 Å². The van der Waals surface area contributed by atoms with Crippen LogP contribution in [0.25, 0.3) is 0 Å². The van der Waals surface area contributed by atoms with Crippen molar-refractivity contribution in [2.75, 3.05) is 27.2 Å². The third kappa shape index (κ3) is 3.50. The first-order chi connectivity index (χ1) is 9.15. The fourth-order valence-electron chi connectivity index (χ4n) is 2.67. The van der Waals surface area contributed by atoms with Crippen molar-refractivity contribution in [1.29, 1.82) is 0 Å². The summed E-state index contributed by atoms with van der Waals surface area (Å²) in [5.74, 6) is 1.72. The van der Waals surface area contributed by atoms with E-state index in [0.717, 1.165) is 22.7 Å². The van der Waals surface area contributed by atoms with Gasteiger partial charge in [-0.3, -0.25) is 4.90 Å². The molecule has 1 aliphatic carbocycles. The number of likely N-dealkylation sites (N-methyl/N-ethyl adjacent to an activating group) is 1. The van der Waals surface area contributed by atoms with Gasteiger partial charge in [0.2, 0.25) is 0 Å². The second kappa shape index (κ2) is 6.73. The first-order valence-corrected chi connectivity index (χ1v) is 7.68. The molecular weight excluding hydrogens is 304 g/mol. The summed E-state index contributed by atoms with van der Waals surface area (Å²) >= 11 is 3.55. The molecule has 0 amide bonds. The second-order valence-corrected chi connectivity index (χ2v) is 6.24. The predicted octanol–water partition coefficient (Wildman–Crippen LogP) is 3.19. The SMILES string of the molecule is COc1ccc(C(CN)N(C)CC2CCC2)cc1Br. The number of rotatable bonds is 6. The molecule has 0 aromatic heterocycles. The summed E-state index contributed by atoms with van der Waals surface area (Å²) in [4.78, 5) is 2.39. The van der Waals surface area contributed by atoms with Gasteiger partial charge in [-0.15, -0.1) is 0 Å². The Morgan fingerprint density at radius 1 is 1.47 bits per heavy atom. The smallest absolute Gasteiger partial charge is 0.133 e. The minimum Gasteiger partial charge on any atom is -0.496 e. The van der Waals surface area contributed by atoms with E-state index in [1.807, 2.05) is 6.07 Å². The topological polar surface area (TPSA) is 38.5 Å². The van der Waals surface area contributed by atoms with Gasteiger partial charge in [0.15, 0.2) is 0 Å². The van der Waals surface area contributed by atoms with Gasteiger partial charge in [0.1, 0.15) is 5.75 Å². The quantitative estimate of drug-likeness (QED) is 0.872. The molecule has 1 aliphatic rings. The van der Waals surface area contributed by atoms with Crippen molar-refractivity contribution >= 4 is 15.9 Å². The summed E-state index contributed by atoms with van der Waals surface area (Å²) in [6, 6.07) is 6.51. The monoisotopic (exact) mass is 326 g/mol. The van der Waals surface area contributed by atoms with Crippen molar-refractivity contribution < 1.29 is 4.74 Å². The molecule has 0 radical (unpaired) electrons. The predicted molar refractivity (Wildman–Crippen MR) is 82.5 cm³/mol. The number of methoxy groups -OCH3 is 1. The van der Waals surface area contributed by atoms with Crippen LogP contribution in [0.1, 0.15) is 30.9 Å². The van der Waals surface area contributed by atoms with Crippen LogP contribution in [-0.4, -0.2) is 32.1 Å². The van der Waals surface area contributed by atoms with E-state index in [2.05, 4.69) is 40.0 Å². The average molecular weight is 327 g/mol. The standard InChI is InChI=1S/C15H23BrN2O/c1-18(10-11-4-3-5-11)14(9-17)12-6-7-15(19-2)13(16)8-12/h6-8,11,14H,3-5,9-10,17H2,1-2H3. The molecule has 1 aromatic rings. The van der Waals surface area contributed by atoms with Crippen LogP contribution in [-0.2, 0) is 0 Å². The number of halogens is 1. The van der Waals surface area contributed by atoms with Crippen LogP contribution in [0.3, 0.4) is 0 Å².